The number of aromatic nitrogens is 2. The molecule has 0 spiro atoms. The number of hydrogen-bond acceptors (Lipinski definition) is 5. The van der Waals surface area contributed by atoms with Gasteiger partial charge in [-0.3, -0.25) is 14.9 Å². The minimum Gasteiger partial charge on any atom is -0.332 e. The highest BCUT2D eigenvalue weighted by molar-refractivity contribution is 6.39. The van der Waals surface area contributed by atoms with E-state index in [4.69, 9.17) is 0 Å². The molecule has 2 heterocycles. The van der Waals surface area contributed by atoms with Gasteiger partial charge in [0.25, 0.3) is 0 Å². The summed E-state index contributed by atoms with van der Waals surface area (Å²) in [5.74, 6) is -1.06. The summed E-state index contributed by atoms with van der Waals surface area (Å²) in [5, 5.41) is 2.40. The Morgan fingerprint density at radius 2 is 1.84 bits per heavy atom. The fourth-order valence-electron chi connectivity index (χ4n) is 1.93. The number of rotatable bonds is 2. The summed E-state index contributed by atoms with van der Waals surface area (Å²) in [6.45, 7) is 5.81. The number of carbonyl (C=O) groups excluding carboxylic acids is 2. The molecule has 1 saturated heterocycles. The number of likely N-dealkylation sites (N-methyl/N-ethyl adjacent to an activating group) is 1. The Balaban J connectivity index is 1.88. The van der Waals surface area contributed by atoms with Crippen LogP contribution in [0.3, 0.4) is 0 Å². The van der Waals surface area contributed by atoms with Crippen molar-refractivity contribution in [3.8, 4) is 0 Å². The van der Waals surface area contributed by atoms with Gasteiger partial charge in [-0.15, -0.1) is 0 Å². The van der Waals surface area contributed by atoms with E-state index in [0.717, 1.165) is 19.6 Å². The van der Waals surface area contributed by atoms with Gasteiger partial charge in [0.2, 0.25) is 5.95 Å². The minimum atomic E-state index is -0.684. The maximum Gasteiger partial charge on any atom is 0.316 e. The van der Waals surface area contributed by atoms with E-state index < -0.39 is 11.8 Å². The Bertz CT molecular complexity index is 443. The van der Waals surface area contributed by atoms with E-state index in [1.54, 1.807) is 11.0 Å². The first-order valence-corrected chi connectivity index (χ1v) is 6.30. The van der Waals surface area contributed by atoms with Gasteiger partial charge in [0.1, 0.15) is 0 Å². The lowest BCUT2D eigenvalue weighted by molar-refractivity contribution is -0.144. The van der Waals surface area contributed by atoms with Crippen molar-refractivity contribution in [1.82, 2.24) is 19.8 Å². The van der Waals surface area contributed by atoms with Gasteiger partial charge >= 0.3 is 11.8 Å². The Labute approximate surface area is 111 Å². The molecule has 7 nitrogen and oxygen atoms in total. The highest BCUT2D eigenvalue weighted by Crippen LogP contribution is 2.03. The van der Waals surface area contributed by atoms with Crippen LogP contribution in [0, 0.1) is 0 Å². The third kappa shape index (κ3) is 3.47. The molecular weight excluding hydrogens is 246 g/mol. The van der Waals surface area contributed by atoms with E-state index in [0.29, 0.717) is 13.1 Å². The van der Waals surface area contributed by atoms with Crippen LogP contribution in [0.25, 0.3) is 0 Å². The van der Waals surface area contributed by atoms with Crippen molar-refractivity contribution in [3.63, 3.8) is 0 Å². The molecule has 1 aromatic heterocycles. The topological polar surface area (TPSA) is 78.4 Å². The van der Waals surface area contributed by atoms with E-state index in [9.17, 15) is 9.59 Å². The van der Waals surface area contributed by atoms with E-state index in [1.807, 2.05) is 0 Å². The number of amides is 2. The van der Waals surface area contributed by atoms with Crippen molar-refractivity contribution in [2.75, 3.05) is 38.0 Å². The molecule has 0 aromatic carbocycles. The fourth-order valence-corrected chi connectivity index (χ4v) is 1.93. The van der Waals surface area contributed by atoms with Gasteiger partial charge in [-0.1, -0.05) is 6.92 Å². The highest BCUT2D eigenvalue weighted by atomic mass is 16.2. The Morgan fingerprint density at radius 1 is 1.21 bits per heavy atom. The summed E-state index contributed by atoms with van der Waals surface area (Å²) in [7, 11) is 0. The van der Waals surface area contributed by atoms with Crippen LogP contribution in [0.1, 0.15) is 6.92 Å². The summed E-state index contributed by atoms with van der Waals surface area (Å²) in [6.07, 6.45) is 3.01. The average Bonchev–Trinajstić information content (AvgIpc) is 2.47. The molecule has 0 saturated carbocycles. The Morgan fingerprint density at radius 3 is 2.42 bits per heavy atom. The van der Waals surface area contributed by atoms with Crippen molar-refractivity contribution in [3.05, 3.63) is 18.5 Å². The van der Waals surface area contributed by atoms with Crippen molar-refractivity contribution in [1.29, 1.82) is 0 Å². The van der Waals surface area contributed by atoms with Crippen molar-refractivity contribution < 1.29 is 9.59 Å². The number of carbonyl (C=O) groups is 2. The van der Waals surface area contributed by atoms with Crippen LogP contribution >= 0.6 is 0 Å². The molecule has 1 aliphatic rings. The summed E-state index contributed by atoms with van der Waals surface area (Å²) in [4.78, 5) is 35.2. The first kappa shape index (κ1) is 13.4. The number of anilines is 1. The standard InChI is InChI=1S/C12H17N5O2/c1-2-16-6-8-17(9-7-16)11(19)10(18)15-12-13-4-3-5-14-12/h3-5H,2,6-9H2,1H3,(H,13,14,15,18). The lowest BCUT2D eigenvalue weighted by atomic mass is 10.3. The smallest absolute Gasteiger partial charge is 0.316 e. The normalized spacial score (nSPS) is 16.2. The monoisotopic (exact) mass is 263 g/mol. The number of nitrogens with zero attached hydrogens (tertiary/aromatic N) is 4. The summed E-state index contributed by atoms with van der Waals surface area (Å²) >= 11 is 0. The Hall–Kier alpha value is -2.02. The van der Waals surface area contributed by atoms with Crippen LogP contribution in [-0.4, -0.2) is 64.3 Å². The summed E-state index contributed by atoms with van der Waals surface area (Å²) in [6, 6.07) is 1.64. The van der Waals surface area contributed by atoms with Crippen LogP contribution < -0.4 is 5.32 Å². The quantitative estimate of drug-likeness (QED) is 0.733. The molecule has 1 fully saturated rings. The maximum absolute atomic E-state index is 11.9. The van der Waals surface area contributed by atoms with Crippen LogP contribution in [-0.2, 0) is 9.59 Å². The van der Waals surface area contributed by atoms with Gasteiger partial charge in [-0.2, -0.15) is 0 Å². The molecule has 0 bridgehead atoms. The second kappa shape index (κ2) is 6.24. The molecule has 0 radical (unpaired) electrons. The molecule has 0 unspecified atom stereocenters. The number of piperazine rings is 1. The zero-order valence-corrected chi connectivity index (χ0v) is 10.9. The molecule has 2 amide bonds. The average molecular weight is 263 g/mol. The lowest BCUT2D eigenvalue weighted by Gasteiger charge is -2.33. The van der Waals surface area contributed by atoms with E-state index in [1.165, 1.54) is 12.4 Å². The fraction of sp³-hybridized carbons (Fsp3) is 0.500. The molecule has 1 aliphatic heterocycles. The molecule has 7 heteroatoms. The van der Waals surface area contributed by atoms with Gasteiger partial charge in [0, 0.05) is 38.6 Å². The molecule has 102 valence electrons. The van der Waals surface area contributed by atoms with Gasteiger partial charge in [-0.25, -0.2) is 9.97 Å². The predicted octanol–water partition coefficient (Wildman–Crippen LogP) is -0.421. The molecule has 1 N–H and O–H groups in total. The zero-order chi connectivity index (χ0) is 13.7. The van der Waals surface area contributed by atoms with Gasteiger partial charge < -0.3 is 9.80 Å². The van der Waals surface area contributed by atoms with Gasteiger partial charge in [-0.05, 0) is 12.6 Å². The maximum atomic E-state index is 11.9. The van der Waals surface area contributed by atoms with E-state index >= 15 is 0 Å². The zero-order valence-electron chi connectivity index (χ0n) is 10.9. The van der Waals surface area contributed by atoms with Crippen molar-refractivity contribution >= 4 is 17.8 Å². The molecular formula is C12H17N5O2. The van der Waals surface area contributed by atoms with E-state index in [2.05, 4.69) is 27.1 Å². The lowest BCUT2D eigenvalue weighted by Crippen LogP contribution is -2.51. The second-order valence-electron chi connectivity index (χ2n) is 4.25. The van der Waals surface area contributed by atoms with Gasteiger partial charge in [0.05, 0.1) is 0 Å². The van der Waals surface area contributed by atoms with Gasteiger partial charge in [0.15, 0.2) is 0 Å². The molecule has 2 rings (SSSR count). The number of nitrogens with one attached hydrogen (secondary N) is 1. The summed E-state index contributed by atoms with van der Waals surface area (Å²) < 4.78 is 0. The third-order valence-corrected chi connectivity index (χ3v) is 3.09. The van der Waals surface area contributed by atoms with Crippen LogP contribution in [0.2, 0.25) is 0 Å². The Kier molecular flexibility index (Phi) is 4.40. The van der Waals surface area contributed by atoms with E-state index in [-0.39, 0.29) is 5.95 Å². The van der Waals surface area contributed by atoms with Crippen molar-refractivity contribution in [2.24, 2.45) is 0 Å². The molecule has 19 heavy (non-hydrogen) atoms. The SMILES string of the molecule is CCN1CCN(C(=O)C(=O)Nc2ncccn2)CC1. The molecule has 1 aromatic rings. The molecule has 0 atom stereocenters. The largest absolute Gasteiger partial charge is 0.332 e. The van der Waals surface area contributed by atoms with Crippen molar-refractivity contribution in [2.45, 2.75) is 6.92 Å². The van der Waals surface area contributed by atoms with Crippen LogP contribution in [0.5, 0.6) is 0 Å². The predicted molar refractivity (Wildman–Crippen MR) is 69.4 cm³/mol. The first-order valence-electron chi connectivity index (χ1n) is 6.30. The second-order valence-corrected chi connectivity index (χ2v) is 4.25. The molecule has 0 aliphatic carbocycles. The third-order valence-electron chi connectivity index (χ3n) is 3.09. The first-order chi connectivity index (χ1) is 9.20. The number of hydrogen-bond donors (Lipinski definition) is 1. The minimum absolute atomic E-state index is 0.146. The summed E-state index contributed by atoms with van der Waals surface area (Å²) in [5.41, 5.74) is 0. The van der Waals surface area contributed by atoms with Crippen LogP contribution in [0.15, 0.2) is 18.5 Å². The highest BCUT2D eigenvalue weighted by Gasteiger charge is 2.25. The van der Waals surface area contributed by atoms with Crippen LogP contribution in [0.4, 0.5) is 5.95 Å².